The van der Waals surface area contributed by atoms with Crippen LogP contribution < -0.4 is 5.19 Å². The minimum Gasteiger partial charge on any atom is -0.0650 e. The summed E-state index contributed by atoms with van der Waals surface area (Å²) in [5.41, 5.74) is 2.53. The fourth-order valence-electron chi connectivity index (χ4n) is 2.26. The Morgan fingerprint density at radius 3 is 2.77 bits per heavy atom. The van der Waals surface area contributed by atoms with Crippen LogP contribution in [0.5, 0.6) is 0 Å². The predicted octanol–water partition coefficient (Wildman–Crippen LogP) is 2.74. The second kappa shape index (κ2) is 3.67. The lowest BCUT2D eigenvalue weighted by Gasteiger charge is -2.26. The first-order chi connectivity index (χ1) is 6.29. The molecular formula is C12H17Si. The summed E-state index contributed by atoms with van der Waals surface area (Å²) in [6.07, 6.45) is 2.74. The van der Waals surface area contributed by atoms with E-state index in [2.05, 4.69) is 38.1 Å². The van der Waals surface area contributed by atoms with E-state index in [0.29, 0.717) is 0 Å². The molecule has 0 nitrogen and oxygen atoms in total. The van der Waals surface area contributed by atoms with Crippen LogP contribution in [-0.4, -0.2) is 8.80 Å². The molecule has 0 aromatic heterocycles. The van der Waals surface area contributed by atoms with E-state index in [1.165, 1.54) is 18.9 Å². The minimum absolute atomic E-state index is 0.222. The summed E-state index contributed by atoms with van der Waals surface area (Å²) < 4.78 is 0. The Morgan fingerprint density at radius 1 is 1.23 bits per heavy atom. The van der Waals surface area contributed by atoms with Crippen LogP contribution in [0.15, 0.2) is 24.3 Å². The molecular weight excluding hydrogens is 172 g/mol. The van der Waals surface area contributed by atoms with Gasteiger partial charge >= 0.3 is 0 Å². The Labute approximate surface area is 82.6 Å². The molecule has 2 rings (SSSR count). The maximum atomic E-state index is 2.39. The van der Waals surface area contributed by atoms with E-state index in [9.17, 15) is 0 Å². The van der Waals surface area contributed by atoms with Gasteiger partial charge < -0.3 is 0 Å². The Balaban J connectivity index is 2.37. The third-order valence-corrected chi connectivity index (χ3v) is 6.42. The van der Waals surface area contributed by atoms with Crippen LogP contribution in [0.4, 0.5) is 0 Å². The topological polar surface area (TPSA) is 0 Å². The highest BCUT2D eigenvalue weighted by molar-refractivity contribution is 6.75. The summed E-state index contributed by atoms with van der Waals surface area (Å²) in [7, 11) is -0.222. The van der Waals surface area contributed by atoms with Crippen molar-refractivity contribution < 1.29 is 0 Å². The SMILES string of the molecule is CC(C)[Si]1CCCc2ccccc21. The molecule has 1 aliphatic heterocycles. The van der Waals surface area contributed by atoms with E-state index >= 15 is 0 Å². The summed E-state index contributed by atoms with van der Waals surface area (Å²) in [5.74, 6) is 0. The van der Waals surface area contributed by atoms with Gasteiger partial charge in [-0.1, -0.05) is 55.8 Å². The normalized spacial score (nSPS) is 17.5. The fourth-order valence-corrected chi connectivity index (χ4v) is 5.21. The molecule has 69 valence electrons. The van der Waals surface area contributed by atoms with Gasteiger partial charge in [-0.3, -0.25) is 0 Å². The summed E-state index contributed by atoms with van der Waals surface area (Å²) >= 11 is 0. The summed E-state index contributed by atoms with van der Waals surface area (Å²) in [6.45, 7) is 4.77. The molecule has 1 aromatic carbocycles. The van der Waals surface area contributed by atoms with Crippen LogP contribution in [0.25, 0.3) is 0 Å². The van der Waals surface area contributed by atoms with Crippen molar-refractivity contribution in [3.05, 3.63) is 29.8 Å². The second-order valence-corrected chi connectivity index (χ2v) is 7.43. The van der Waals surface area contributed by atoms with Crippen LogP contribution in [0.1, 0.15) is 25.8 Å². The monoisotopic (exact) mass is 189 g/mol. The average Bonchev–Trinajstić information content (AvgIpc) is 2.17. The van der Waals surface area contributed by atoms with Crippen LogP contribution in [0, 0.1) is 0 Å². The van der Waals surface area contributed by atoms with Crippen molar-refractivity contribution in [1.29, 1.82) is 0 Å². The van der Waals surface area contributed by atoms with E-state index in [1.54, 1.807) is 10.8 Å². The molecule has 13 heavy (non-hydrogen) atoms. The van der Waals surface area contributed by atoms with Crippen molar-refractivity contribution in [2.24, 2.45) is 0 Å². The van der Waals surface area contributed by atoms with Gasteiger partial charge in [0.2, 0.25) is 0 Å². The Bertz CT molecular complexity index is 291. The molecule has 0 saturated carbocycles. The third kappa shape index (κ3) is 1.71. The first kappa shape index (κ1) is 9.01. The van der Waals surface area contributed by atoms with Gasteiger partial charge in [-0.2, -0.15) is 0 Å². The van der Waals surface area contributed by atoms with Crippen LogP contribution in [0.3, 0.4) is 0 Å². The van der Waals surface area contributed by atoms with Crippen LogP contribution in [-0.2, 0) is 6.42 Å². The van der Waals surface area contributed by atoms with Gasteiger partial charge in [-0.25, -0.2) is 0 Å². The number of rotatable bonds is 1. The molecule has 0 N–H and O–H groups in total. The van der Waals surface area contributed by atoms with Crippen molar-refractivity contribution in [2.45, 2.75) is 38.3 Å². The highest BCUT2D eigenvalue weighted by atomic mass is 28.3. The first-order valence-electron chi connectivity index (χ1n) is 5.23. The average molecular weight is 189 g/mol. The van der Waals surface area contributed by atoms with Gasteiger partial charge in [0.15, 0.2) is 0 Å². The summed E-state index contributed by atoms with van der Waals surface area (Å²) in [5, 5.41) is 1.72. The standard InChI is InChI=1S/C12H17Si/c1-10(2)13-9-5-7-11-6-3-4-8-12(11)13/h3-4,6,8,10H,5,7,9H2,1-2H3. The molecule has 0 spiro atoms. The van der Waals surface area contributed by atoms with E-state index < -0.39 is 0 Å². The van der Waals surface area contributed by atoms with Crippen LogP contribution >= 0.6 is 0 Å². The zero-order valence-electron chi connectivity index (χ0n) is 8.51. The number of hydrogen-bond acceptors (Lipinski definition) is 0. The lowest BCUT2D eigenvalue weighted by Crippen LogP contribution is -2.38. The van der Waals surface area contributed by atoms with Gasteiger partial charge in [0, 0.05) is 0 Å². The molecule has 0 amide bonds. The Morgan fingerprint density at radius 2 is 2.00 bits per heavy atom. The number of aryl methyl sites for hydroxylation is 1. The molecule has 1 radical (unpaired) electrons. The molecule has 0 unspecified atom stereocenters. The van der Waals surface area contributed by atoms with Gasteiger partial charge in [0.1, 0.15) is 0 Å². The quantitative estimate of drug-likeness (QED) is 0.596. The number of hydrogen-bond donors (Lipinski definition) is 0. The summed E-state index contributed by atoms with van der Waals surface area (Å²) in [4.78, 5) is 0. The third-order valence-electron chi connectivity index (χ3n) is 2.95. The molecule has 1 heterocycles. The molecule has 0 saturated heterocycles. The molecule has 1 aromatic rings. The summed E-state index contributed by atoms with van der Waals surface area (Å²) in [6, 6.07) is 10.6. The number of benzene rings is 1. The lowest BCUT2D eigenvalue weighted by molar-refractivity contribution is 0.873. The maximum Gasteiger partial charge on any atom is 0.0887 e. The minimum atomic E-state index is -0.222. The fraction of sp³-hybridized carbons (Fsp3) is 0.500. The van der Waals surface area contributed by atoms with Crippen molar-refractivity contribution in [2.75, 3.05) is 0 Å². The smallest absolute Gasteiger partial charge is 0.0650 e. The largest absolute Gasteiger partial charge is 0.0887 e. The second-order valence-electron chi connectivity index (χ2n) is 4.19. The van der Waals surface area contributed by atoms with Gasteiger partial charge in [-0.05, 0) is 17.5 Å². The van der Waals surface area contributed by atoms with Crippen molar-refractivity contribution in [3.8, 4) is 0 Å². The lowest BCUT2D eigenvalue weighted by atomic mass is 10.1. The highest BCUT2D eigenvalue weighted by Crippen LogP contribution is 2.21. The molecule has 0 bridgehead atoms. The highest BCUT2D eigenvalue weighted by Gasteiger charge is 2.23. The van der Waals surface area contributed by atoms with Crippen molar-refractivity contribution in [3.63, 3.8) is 0 Å². The van der Waals surface area contributed by atoms with Gasteiger partial charge in [0.05, 0.1) is 8.80 Å². The predicted molar refractivity (Wildman–Crippen MR) is 60.1 cm³/mol. The Kier molecular flexibility index (Phi) is 2.54. The molecule has 1 aliphatic rings. The van der Waals surface area contributed by atoms with Gasteiger partial charge in [0.25, 0.3) is 0 Å². The van der Waals surface area contributed by atoms with Gasteiger partial charge in [-0.15, -0.1) is 0 Å². The van der Waals surface area contributed by atoms with E-state index in [-0.39, 0.29) is 8.80 Å². The molecule has 0 atom stereocenters. The molecule has 1 heteroatoms. The van der Waals surface area contributed by atoms with Crippen molar-refractivity contribution >= 4 is 14.0 Å². The molecule has 0 aliphatic carbocycles. The number of fused-ring (bicyclic) bond motifs is 1. The maximum absolute atomic E-state index is 2.39. The van der Waals surface area contributed by atoms with Crippen molar-refractivity contribution in [1.82, 2.24) is 0 Å². The Hall–Kier alpha value is -0.563. The molecule has 0 fully saturated rings. The van der Waals surface area contributed by atoms with Crippen LogP contribution in [0.2, 0.25) is 11.6 Å². The zero-order valence-corrected chi connectivity index (χ0v) is 9.51. The van der Waals surface area contributed by atoms with E-state index in [0.717, 1.165) is 5.54 Å². The zero-order chi connectivity index (χ0) is 9.26. The van der Waals surface area contributed by atoms with E-state index in [1.807, 2.05) is 0 Å². The van der Waals surface area contributed by atoms with E-state index in [4.69, 9.17) is 0 Å². The first-order valence-corrected chi connectivity index (χ1v) is 7.01.